The number of hydrogen-bond donors (Lipinski definition) is 0. The Morgan fingerprint density at radius 3 is 2.07 bits per heavy atom. The zero-order valence-corrected chi connectivity index (χ0v) is 10.5. The molecule has 0 bridgehead atoms. The predicted molar refractivity (Wildman–Crippen MR) is 60.5 cm³/mol. The van der Waals surface area contributed by atoms with Crippen LogP contribution in [0, 0.1) is 0 Å². The maximum Gasteiger partial charge on any atom is 0.0612 e. The third-order valence-electron chi connectivity index (χ3n) is 2.98. The Morgan fingerprint density at radius 1 is 1.21 bits per heavy atom. The van der Waals surface area contributed by atoms with E-state index >= 15 is 0 Å². The molecular weight excluding hydrogens is 174 g/mol. The van der Waals surface area contributed by atoms with Crippen molar-refractivity contribution in [1.82, 2.24) is 4.90 Å². The van der Waals surface area contributed by atoms with E-state index in [1.165, 1.54) is 12.8 Å². The first-order valence-corrected chi connectivity index (χ1v) is 5.69. The van der Waals surface area contributed by atoms with E-state index in [1.54, 1.807) is 0 Å². The first-order chi connectivity index (χ1) is 6.29. The zero-order valence-electron chi connectivity index (χ0n) is 10.5. The summed E-state index contributed by atoms with van der Waals surface area (Å²) in [6, 6.07) is 1.39. The van der Waals surface area contributed by atoms with Crippen molar-refractivity contribution in [3.63, 3.8) is 0 Å². The Kier molecular flexibility index (Phi) is 3.59. The Bertz CT molecular complexity index is 177. The van der Waals surface area contributed by atoms with Crippen LogP contribution < -0.4 is 0 Å². The van der Waals surface area contributed by atoms with Crippen molar-refractivity contribution in [3.05, 3.63) is 0 Å². The van der Waals surface area contributed by atoms with Gasteiger partial charge in [0.2, 0.25) is 0 Å². The van der Waals surface area contributed by atoms with Crippen molar-refractivity contribution < 1.29 is 4.74 Å². The Morgan fingerprint density at radius 2 is 1.71 bits per heavy atom. The summed E-state index contributed by atoms with van der Waals surface area (Å²) < 4.78 is 5.91. The summed E-state index contributed by atoms with van der Waals surface area (Å²) in [5.41, 5.74) is 0.0199. The highest BCUT2D eigenvalue weighted by molar-refractivity contribution is 4.89. The van der Waals surface area contributed by atoms with Crippen LogP contribution in [0.3, 0.4) is 0 Å². The minimum Gasteiger partial charge on any atom is -0.373 e. The Hall–Kier alpha value is -0.0800. The molecule has 0 atom stereocenters. The van der Waals surface area contributed by atoms with Crippen LogP contribution in [0.2, 0.25) is 0 Å². The second kappa shape index (κ2) is 4.19. The lowest BCUT2D eigenvalue weighted by molar-refractivity contribution is -0.120. The molecule has 1 fully saturated rings. The zero-order chi connectivity index (χ0) is 10.9. The van der Waals surface area contributed by atoms with Crippen molar-refractivity contribution in [2.24, 2.45) is 0 Å². The van der Waals surface area contributed by atoms with Gasteiger partial charge >= 0.3 is 0 Å². The van der Waals surface area contributed by atoms with Crippen molar-refractivity contribution in [3.8, 4) is 0 Å². The highest BCUT2D eigenvalue weighted by atomic mass is 16.5. The molecule has 84 valence electrons. The fourth-order valence-corrected chi connectivity index (χ4v) is 1.89. The summed E-state index contributed by atoms with van der Waals surface area (Å²) in [5.74, 6) is 0. The standard InChI is InChI=1S/C12H25NO/c1-9(2)13(6)10-7-11(8-10)14-12(3,4)5/h9-11H,7-8H2,1-6H3/t10-,11-. The molecule has 0 heterocycles. The predicted octanol–water partition coefficient (Wildman–Crippen LogP) is 2.67. The molecule has 0 amide bonds. The minimum atomic E-state index is 0.0199. The van der Waals surface area contributed by atoms with Gasteiger partial charge in [0, 0.05) is 12.1 Å². The first-order valence-electron chi connectivity index (χ1n) is 5.69. The van der Waals surface area contributed by atoms with E-state index in [1.807, 2.05) is 0 Å². The van der Waals surface area contributed by atoms with E-state index in [4.69, 9.17) is 4.74 Å². The van der Waals surface area contributed by atoms with E-state index in [9.17, 15) is 0 Å². The summed E-state index contributed by atoms with van der Waals surface area (Å²) in [7, 11) is 2.21. The molecule has 0 radical (unpaired) electrons. The Labute approximate surface area is 88.6 Å². The number of hydrogen-bond acceptors (Lipinski definition) is 2. The molecule has 1 saturated carbocycles. The maximum atomic E-state index is 5.91. The topological polar surface area (TPSA) is 12.5 Å². The molecule has 0 unspecified atom stereocenters. The van der Waals surface area contributed by atoms with Crippen molar-refractivity contribution in [1.29, 1.82) is 0 Å². The molecule has 0 aromatic rings. The van der Waals surface area contributed by atoms with Crippen LogP contribution in [-0.2, 0) is 4.74 Å². The molecule has 0 aromatic carbocycles. The average Bonchev–Trinajstić information content (AvgIpc) is 1.92. The van der Waals surface area contributed by atoms with Crippen molar-refractivity contribution in [2.45, 2.75) is 71.2 Å². The third-order valence-corrected chi connectivity index (χ3v) is 2.98. The quantitative estimate of drug-likeness (QED) is 0.693. The summed E-state index contributed by atoms with van der Waals surface area (Å²) in [4.78, 5) is 2.45. The number of ether oxygens (including phenoxy) is 1. The van der Waals surface area contributed by atoms with Crippen LogP contribution in [0.25, 0.3) is 0 Å². The largest absolute Gasteiger partial charge is 0.373 e. The minimum absolute atomic E-state index is 0.0199. The second-order valence-electron chi connectivity index (χ2n) is 5.74. The van der Waals surface area contributed by atoms with E-state index in [-0.39, 0.29) is 5.60 Å². The van der Waals surface area contributed by atoms with E-state index < -0.39 is 0 Å². The van der Waals surface area contributed by atoms with Crippen LogP contribution >= 0.6 is 0 Å². The molecule has 1 rings (SSSR count). The van der Waals surface area contributed by atoms with Crippen molar-refractivity contribution in [2.75, 3.05) is 7.05 Å². The smallest absolute Gasteiger partial charge is 0.0612 e. The normalized spacial score (nSPS) is 28.3. The van der Waals surface area contributed by atoms with Crippen LogP contribution in [0.15, 0.2) is 0 Å². The molecule has 0 aromatic heterocycles. The molecule has 0 spiro atoms. The molecular formula is C12H25NO. The Balaban J connectivity index is 2.24. The molecule has 1 aliphatic rings. The molecule has 0 N–H and O–H groups in total. The molecule has 2 heteroatoms. The average molecular weight is 199 g/mol. The van der Waals surface area contributed by atoms with Crippen LogP contribution in [0.1, 0.15) is 47.5 Å². The van der Waals surface area contributed by atoms with Gasteiger partial charge in [-0.05, 0) is 54.5 Å². The molecule has 2 nitrogen and oxygen atoms in total. The monoisotopic (exact) mass is 199 g/mol. The maximum absolute atomic E-state index is 5.91. The van der Waals surface area contributed by atoms with Gasteiger partial charge in [-0.25, -0.2) is 0 Å². The van der Waals surface area contributed by atoms with E-state index in [0.717, 1.165) is 6.04 Å². The van der Waals surface area contributed by atoms with Gasteiger partial charge in [-0.3, -0.25) is 0 Å². The fraction of sp³-hybridized carbons (Fsp3) is 1.00. The van der Waals surface area contributed by atoms with Gasteiger partial charge in [0.15, 0.2) is 0 Å². The van der Waals surface area contributed by atoms with Crippen LogP contribution in [0.4, 0.5) is 0 Å². The lowest BCUT2D eigenvalue weighted by Crippen LogP contribution is -2.50. The molecule has 0 aliphatic heterocycles. The van der Waals surface area contributed by atoms with Gasteiger partial charge in [-0.2, -0.15) is 0 Å². The van der Waals surface area contributed by atoms with Gasteiger partial charge in [-0.1, -0.05) is 0 Å². The SMILES string of the molecule is CC(C)N(C)[C@H]1C[C@H](OC(C)(C)C)C1. The van der Waals surface area contributed by atoms with Gasteiger partial charge in [-0.15, -0.1) is 0 Å². The first kappa shape index (κ1) is 12.0. The highest BCUT2D eigenvalue weighted by Gasteiger charge is 2.35. The van der Waals surface area contributed by atoms with Crippen LogP contribution in [0.5, 0.6) is 0 Å². The summed E-state index contributed by atoms with van der Waals surface area (Å²) >= 11 is 0. The lowest BCUT2D eigenvalue weighted by atomic mass is 9.87. The van der Waals surface area contributed by atoms with E-state index in [2.05, 4.69) is 46.6 Å². The lowest BCUT2D eigenvalue weighted by Gasteiger charge is -2.45. The highest BCUT2D eigenvalue weighted by Crippen LogP contribution is 2.31. The van der Waals surface area contributed by atoms with Gasteiger partial charge in [0.25, 0.3) is 0 Å². The van der Waals surface area contributed by atoms with Gasteiger partial charge in [0.05, 0.1) is 11.7 Å². The van der Waals surface area contributed by atoms with Crippen molar-refractivity contribution >= 4 is 0 Å². The summed E-state index contributed by atoms with van der Waals surface area (Å²) in [6.45, 7) is 10.9. The second-order valence-corrected chi connectivity index (χ2v) is 5.74. The summed E-state index contributed by atoms with van der Waals surface area (Å²) in [5, 5.41) is 0. The number of rotatable bonds is 3. The van der Waals surface area contributed by atoms with E-state index in [0.29, 0.717) is 12.1 Å². The van der Waals surface area contributed by atoms with Gasteiger partial charge < -0.3 is 9.64 Å². The summed E-state index contributed by atoms with van der Waals surface area (Å²) in [6.07, 6.45) is 2.89. The van der Waals surface area contributed by atoms with Gasteiger partial charge in [0.1, 0.15) is 0 Å². The molecule has 1 aliphatic carbocycles. The molecule has 14 heavy (non-hydrogen) atoms. The molecule has 0 saturated heterocycles. The number of nitrogens with zero attached hydrogens (tertiary/aromatic N) is 1. The van der Waals surface area contributed by atoms with Crippen LogP contribution in [-0.4, -0.2) is 35.7 Å². The fourth-order valence-electron chi connectivity index (χ4n) is 1.89. The third kappa shape index (κ3) is 3.25.